The molecule has 1 aromatic heterocycles. The molecule has 0 aliphatic carbocycles. The number of tetrazole rings is 1. The molecule has 186 valence electrons. The van der Waals surface area contributed by atoms with Crippen molar-refractivity contribution in [2.24, 2.45) is 0 Å². The van der Waals surface area contributed by atoms with E-state index in [0.717, 1.165) is 15.7 Å². The predicted octanol–water partition coefficient (Wildman–Crippen LogP) is 1.27. The Morgan fingerprint density at radius 3 is 2.29 bits per heavy atom. The number of rotatable bonds is 7. The molecule has 35 heavy (non-hydrogen) atoms. The Kier molecular flexibility index (Phi) is 7.28. The largest absolute Gasteiger partial charge is 0.497 e. The van der Waals surface area contributed by atoms with Crippen molar-refractivity contribution in [2.75, 3.05) is 52.7 Å². The average Bonchev–Trinajstić information content (AvgIpc) is 3.32. The van der Waals surface area contributed by atoms with Crippen molar-refractivity contribution in [3.05, 3.63) is 54.4 Å². The highest BCUT2D eigenvalue weighted by Crippen LogP contribution is 2.18. The molecule has 0 radical (unpaired) electrons. The molecule has 0 unspecified atom stereocenters. The van der Waals surface area contributed by atoms with Crippen LogP contribution in [0.3, 0.4) is 0 Å². The Bertz CT molecular complexity index is 1250. The highest BCUT2D eigenvalue weighted by molar-refractivity contribution is 7.89. The number of ether oxygens (including phenoxy) is 1. The van der Waals surface area contributed by atoms with Gasteiger partial charge in [-0.3, -0.25) is 4.90 Å². The monoisotopic (exact) mass is 500 g/mol. The number of hydrogen-bond acceptors (Lipinski definition) is 8. The fraction of sp³-hybridized carbons (Fsp3) is 0.364. The number of anilines is 1. The average molecular weight is 501 g/mol. The molecule has 3 aromatic rings. The minimum absolute atomic E-state index is 0.172. The molecule has 0 atom stereocenters. The van der Waals surface area contributed by atoms with Crippen LogP contribution in [0.4, 0.5) is 10.5 Å². The van der Waals surface area contributed by atoms with Crippen LogP contribution in [0.25, 0.3) is 5.69 Å². The van der Waals surface area contributed by atoms with Gasteiger partial charge in [0.1, 0.15) is 5.75 Å². The molecule has 0 spiro atoms. The Labute approximate surface area is 204 Å². The van der Waals surface area contributed by atoms with Crippen LogP contribution in [0.1, 0.15) is 5.82 Å². The second kappa shape index (κ2) is 10.4. The molecule has 13 heteroatoms. The Morgan fingerprint density at radius 2 is 1.69 bits per heavy atom. The summed E-state index contributed by atoms with van der Waals surface area (Å²) in [5.74, 6) is 1.47. The third-order valence-electron chi connectivity index (χ3n) is 5.76. The van der Waals surface area contributed by atoms with Crippen LogP contribution in [-0.2, 0) is 16.6 Å². The molecule has 0 saturated carbocycles. The van der Waals surface area contributed by atoms with Gasteiger partial charge in [-0.1, -0.05) is 0 Å². The molecule has 0 bridgehead atoms. The number of methoxy groups -OCH3 is 1. The van der Waals surface area contributed by atoms with Crippen LogP contribution in [0.2, 0.25) is 0 Å². The third-order valence-corrected chi connectivity index (χ3v) is 7.59. The third kappa shape index (κ3) is 5.58. The van der Waals surface area contributed by atoms with E-state index in [0.29, 0.717) is 44.2 Å². The number of carbonyl (C=O) groups is 1. The number of nitrogens with one attached hydrogen (secondary N) is 1. The van der Waals surface area contributed by atoms with Crippen molar-refractivity contribution in [3.63, 3.8) is 0 Å². The van der Waals surface area contributed by atoms with Gasteiger partial charge >= 0.3 is 6.03 Å². The normalized spacial score (nSPS) is 14.8. The first-order valence-electron chi connectivity index (χ1n) is 11.0. The van der Waals surface area contributed by atoms with Gasteiger partial charge in [-0.25, -0.2) is 17.5 Å². The molecule has 2 heterocycles. The molecule has 2 amide bonds. The standard InChI is InChI=1S/C22H28N8O4S/c1-27(2)35(32,33)20-10-4-17(5-11-20)23-22(31)29-14-12-28(13-15-29)16-21-24-25-26-30(21)18-6-8-19(34-3)9-7-18/h4-11H,12-16H2,1-3H3,(H,23,31). The SMILES string of the molecule is COc1ccc(-n2nnnc2CN2CCN(C(=O)Nc3ccc(S(=O)(=O)N(C)C)cc3)CC2)cc1. The highest BCUT2D eigenvalue weighted by Gasteiger charge is 2.23. The van der Waals surface area contributed by atoms with E-state index in [1.165, 1.54) is 26.2 Å². The summed E-state index contributed by atoms with van der Waals surface area (Å²) in [6.45, 7) is 2.98. The van der Waals surface area contributed by atoms with E-state index in [2.05, 4.69) is 25.7 Å². The molecular weight excluding hydrogens is 472 g/mol. The topological polar surface area (TPSA) is 126 Å². The van der Waals surface area contributed by atoms with Crippen molar-refractivity contribution >= 4 is 21.7 Å². The van der Waals surface area contributed by atoms with Gasteiger partial charge in [0, 0.05) is 46.0 Å². The van der Waals surface area contributed by atoms with Crippen LogP contribution >= 0.6 is 0 Å². The maximum Gasteiger partial charge on any atom is 0.321 e. The quantitative estimate of drug-likeness (QED) is 0.514. The minimum Gasteiger partial charge on any atom is -0.497 e. The second-order valence-electron chi connectivity index (χ2n) is 8.21. The Hall–Kier alpha value is -3.55. The first kappa shape index (κ1) is 24.6. The van der Waals surface area contributed by atoms with E-state index in [1.807, 2.05) is 24.3 Å². The number of nitrogens with zero attached hydrogens (tertiary/aromatic N) is 7. The molecule has 4 rings (SSSR count). The van der Waals surface area contributed by atoms with E-state index in [1.54, 1.807) is 28.8 Å². The number of amides is 2. The zero-order valence-electron chi connectivity index (χ0n) is 19.8. The molecule has 1 saturated heterocycles. The van der Waals surface area contributed by atoms with Gasteiger partial charge in [-0.2, -0.15) is 4.68 Å². The van der Waals surface area contributed by atoms with Gasteiger partial charge in [0.05, 0.1) is 24.2 Å². The molecule has 2 aromatic carbocycles. The smallest absolute Gasteiger partial charge is 0.321 e. The van der Waals surface area contributed by atoms with Crippen LogP contribution in [0, 0.1) is 0 Å². The summed E-state index contributed by atoms with van der Waals surface area (Å²) in [4.78, 5) is 16.8. The predicted molar refractivity (Wildman–Crippen MR) is 129 cm³/mol. The highest BCUT2D eigenvalue weighted by atomic mass is 32.2. The maximum absolute atomic E-state index is 12.7. The number of urea groups is 1. The van der Waals surface area contributed by atoms with Crippen LogP contribution in [-0.4, -0.2) is 96.1 Å². The lowest BCUT2D eigenvalue weighted by Gasteiger charge is -2.34. The van der Waals surface area contributed by atoms with Gasteiger partial charge in [-0.15, -0.1) is 5.10 Å². The molecule has 1 aliphatic rings. The first-order valence-corrected chi connectivity index (χ1v) is 12.4. The van der Waals surface area contributed by atoms with Crippen molar-refractivity contribution < 1.29 is 17.9 Å². The molecule has 12 nitrogen and oxygen atoms in total. The first-order chi connectivity index (χ1) is 16.8. The number of benzene rings is 2. The van der Waals surface area contributed by atoms with Gasteiger partial charge in [0.25, 0.3) is 0 Å². The summed E-state index contributed by atoms with van der Waals surface area (Å²) in [6.07, 6.45) is 0. The van der Waals surface area contributed by atoms with Gasteiger partial charge in [0.15, 0.2) is 5.82 Å². The molecule has 1 N–H and O–H groups in total. The molecule has 1 fully saturated rings. The van der Waals surface area contributed by atoms with E-state index in [4.69, 9.17) is 4.74 Å². The lowest BCUT2D eigenvalue weighted by atomic mass is 10.3. The van der Waals surface area contributed by atoms with Crippen LogP contribution < -0.4 is 10.1 Å². The zero-order valence-corrected chi connectivity index (χ0v) is 20.6. The van der Waals surface area contributed by atoms with Crippen LogP contribution in [0.5, 0.6) is 5.75 Å². The van der Waals surface area contributed by atoms with Gasteiger partial charge in [0.2, 0.25) is 10.0 Å². The number of sulfonamides is 1. The summed E-state index contributed by atoms with van der Waals surface area (Å²) < 4.78 is 32.4. The van der Waals surface area contributed by atoms with E-state index in [9.17, 15) is 13.2 Å². The lowest BCUT2D eigenvalue weighted by molar-refractivity contribution is 0.140. The van der Waals surface area contributed by atoms with Crippen molar-refractivity contribution in [1.82, 2.24) is 34.3 Å². The molecule has 1 aliphatic heterocycles. The van der Waals surface area contributed by atoms with Gasteiger partial charge in [-0.05, 0) is 59.0 Å². The van der Waals surface area contributed by atoms with E-state index < -0.39 is 10.0 Å². The second-order valence-corrected chi connectivity index (χ2v) is 10.4. The van der Waals surface area contributed by atoms with E-state index in [-0.39, 0.29) is 10.9 Å². The molecular formula is C22H28N8O4S. The van der Waals surface area contributed by atoms with Crippen molar-refractivity contribution in [2.45, 2.75) is 11.4 Å². The Balaban J connectivity index is 1.31. The van der Waals surface area contributed by atoms with Crippen molar-refractivity contribution in [3.8, 4) is 11.4 Å². The summed E-state index contributed by atoms with van der Waals surface area (Å²) >= 11 is 0. The number of piperazine rings is 1. The van der Waals surface area contributed by atoms with E-state index >= 15 is 0 Å². The summed E-state index contributed by atoms with van der Waals surface area (Å²) in [7, 11) is 1.06. The number of carbonyl (C=O) groups excluding carboxylic acids is 1. The minimum atomic E-state index is -3.51. The Morgan fingerprint density at radius 1 is 1.03 bits per heavy atom. The zero-order chi connectivity index (χ0) is 25.0. The van der Waals surface area contributed by atoms with Crippen LogP contribution in [0.15, 0.2) is 53.4 Å². The lowest BCUT2D eigenvalue weighted by Crippen LogP contribution is -2.49. The summed E-state index contributed by atoms with van der Waals surface area (Å²) in [6, 6.07) is 13.4. The van der Waals surface area contributed by atoms with Gasteiger partial charge < -0.3 is 15.0 Å². The van der Waals surface area contributed by atoms with Crippen molar-refractivity contribution in [1.29, 1.82) is 0 Å². The fourth-order valence-electron chi connectivity index (χ4n) is 3.66. The fourth-order valence-corrected chi connectivity index (χ4v) is 4.56. The summed E-state index contributed by atoms with van der Waals surface area (Å²) in [5, 5.41) is 14.9. The summed E-state index contributed by atoms with van der Waals surface area (Å²) in [5.41, 5.74) is 1.38. The number of hydrogen-bond donors (Lipinski definition) is 1. The number of aromatic nitrogens is 4. The maximum atomic E-state index is 12.7.